The lowest BCUT2D eigenvalue weighted by molar-refractivity contribution is -0.135. The van der Waals surface area contributed by atoms with Gasteiger partial charge in [0.05, 0.1) is 0 Å². The normalized spacial score (nSPS) is 11.4. The van der Waals surface area contributed by atoms with Gasteiger partial charge in [0.25, 0.3) is 0 Å². The molecule has 6 heteroatoms. The van der Waals surface area contributed by atoms with Gasteiger partial charge >= 0.3 is 5.97 Å². The second-order valence-electron chi connectivity index (χ2n) is 4.42. The van der Waals surface area contributed by atoms with Crippen molar-refractivity contribution in [2.24, 2.45) is 0 Å². The highest BCUT2D eigenvalue weighted by molar-refractivity contribution is 6.07. The first kappa shape index (κ1) is 14.5. The summed E-state index contributed by atoms with van der Waals surface area (Å²) < 4.78 is 12.8. The maximum Gasteiger partial charge on any atom is 0.371 e. The third kappa shape index (κ3) is 3.79. The summed E-state index contributed by atoms with van der Waals surface area (Å²) in [4.78, 5) is 25.0. The molecule has 0 aliphatic carbocycles. The van der Waals surface area contributed by atoms with E-state index in [1.54, 1.807) is 18.2 Å². The Morgan fingerprint density at radius 3 is 2.48 bits per heavy atom. The van der Waals surface area contributed by atoms with Crippen LogP contribution < -0.4 is 0 Å². The molecule has 0 saturated carbocycles. The van der Waals surface area contributed by atoms with Crippen molar-refractivity contribution in [2.45, 2.75) is 6.42 Å². The number of halogens is 1. The summed E-state index contributed by atoms with van der Waals surface area (Å²) in [5.41, 5.74) is 1.81. The van der Waals surface area contributed by atoms with E-state index in [1.165, 1.54) is 18.3 Å². The van der Waals surface area contributed by atoms with E-state index in [9.17, 15) is 14.0 Å². The molecule has 0 radical (unpaired) electrons. The molecule has 5 nitrogen and oxygen atoms in total. The predicted molar refractivity (Wildman–Crippen MR) is 72.7 cm³/mol. The molecule has 0 bridgehead atoms. The highest BCUT2D eigenvalue weighted by Gasteiger charge is 2.11. The molecule has 0 amide bonds. The summed E-state index contributed by atoms with van der Waals surface area (Å²) in [6.45, 7) is 0. The zero-order valence-electron chi connectivity index (χ0n) is 10.8. The number of carboxylic acid groups (broad SMARTS) is 1. The van der Waals surface area contributed by atoms with Crippen LogP contribution in [-0.4, -0.2) is 26.9 Å². The second kappa shape index (κ2) is 6.04. The minimum Gasteiger partial charge on any atom is -0.502 e. The standard InChI is InChI=1S/C15H12FNO4/c16-11-3-1-9(2-4-11)5-12-6-10(8-17-12)13(18)7-14(19)15(20)21/h1-4,6-8,17,19H,5H2,(H,20,21). The number of nitrogens with one attached hydrogen (secondary N) is 1. The Hall–Kier alpha value is -2.89. The molecule has 108 valence electrons. The van der Waals surface area contributed by atoms with Crippen molar-refractivity contribution in [2.75, 3.05) is 0 Å². The van der Waals surface area contributed by atoms with Gasteiger partial charge in [-0.05, 0) is 23.8 Å². The first-order valence-corrected chi connectivity index (χ1v) is 6.05. The molecule has 0 aliphatic rings. The van der Waals surface area contributed by atoms with E-state index in [-0.39, 0.29) is 11.4 Å². The van der Waals surface area contributed by atoms with Gasteiger partial charge in [-0.15, -0.1) is 0 Å². The molecule has 0 atom stereocenters. The van der Waals surface area contributed by atoms with Crippen LogP contribution in [0.15, 0.2) is 48.4 Å². The Bertz CT molecular complexity index is 701. The van der Waals surface area contributed by atoms with E-state index >= 15 is 0 Å². The number of aliphatic hydroxyl groups is 1. The van der Waals surface area contributed by atoms with Crippen molar-refractivity contribution in [1.29, 1.82) is 0 Å². The largest absolute Gasteiger partial charge is 0.502 e. The molecule has 0 saturated heterocycles. The van der Waals surface area contributed by atoms with Gasteiger partial charge in [0.15, 0.2) is 5.78 Å². The quantitative estimate of drug-likeness (QED) is 0.448. The van der Waals surface area contributed by atoms with Crippen molar-refractivity contribution in [1.82, 2.24) is 4.98 Å². The number of carbonyl (C=O) groups is 2. The number of carbonyl (C=O) groups excluding carboxylic acids is 1. The summed E-state index contributed by atoms with van der Waals surface area (Å²) in [6.07, 6.45) is 2.54. The lowest BCUT2D eigenvalue weighted by Crippen LogP contribution is -2.03. The zero-order valence-corrected chi connectivity index (χ0v) is 10.8. The van der Waals surface area contributed by atoms with E-state index in [1.807, 2.05) is 0 Å². The summed E-state index contributed by atoms with van der Waals surface area (Å²) in [5, 5.41) is 17.5. The van der Waals surface area contributed by atoms with Gasteiger partial charge in [0, 0.05) is 30.0 Å². The molecule has 3 N–H and O–H groups in total. The second-order valence-corrected chi connectivity index (χ2v) is 4.42. The Morgan fingerprint density at radius 1 is 1.19 bits per heavy atom. The van der Waals surface area contributed by atoms with E-state index in [2.05, 4.69) is 4.98 Å². The summed E-state index contributed by atoms with van der Waals surface area (Å²) in [6, 6.07) is 7.51. The molecule has 0 aliphatic heterocycles. The number of aliphatic carboxylic acids is 1. The Balaban J connectivity index is 2.11. The average molecular weight is 289 g/mol. The molecule has 2 aromatic rings. The molecule has 1 aromatic heterocycles. The van der Waals surface area contributed by atoms with Gasteiger partial charge in [-0.2, -0.15) is 0 Å². The van der Waals surface area contributed by atoms with Crippen molar-refractivity contribution in [3.8, 4) is 0 Å². The van der Waals surface area contributed by atoms with Crippen LogP contribution in [0.1, 0.15) is 21.6 Å². The third-order valence-corrected chi connectivity index (χ3v) is 2.82. The van der Waals surface area contributed by atoms with Crippen LogP contribution in [-0.2, 0) is 11.2 Å². The monoisotopic (exact) mass is 289 g/mol. The van der Waals surface area contributed by atoms with Gasteiger partial charge in [0.2, 0.25) is 5.76 Å². The number of H-pyrrole nitrogens is 1. The molecular weight excluding hydrogens is 277 g/mol. The van der Waals surface area contributed by atoms with E-state index < -0.39 is 17.5 Å². The Kier molecular flexibility index (Phi) is 4.18. The van der Waals surface area contributed by atoms with Crippen LogP contribution >= 0.6 is 0 Å². The van der Waals surface area contributed by atoms with Gasteiger partial charge < -0.3 is 15.2 Å². The van der Waals surface area contributed by atoms with Crippen LogP contribution in [0.3, 0.4) is 0 Å². The number of carboxylic acids is 1. The van der Waals surface area contributed by atoms with E-state index in [0.717, 1.165) is 5.56 Å². The predicted octanol–water partition coefficient (Wildman–Crippen LogP) is 2.45. The average Bonchev–Trinajstić information content (AvgIpc) is 2.90. The lowest BCUT2D eigenvalue weighted by Gasteiger charge is -1.98. The van der Waals surface area contributed by atoms with Crippen LogP contribution in [0.5, 0.6) is 0 Å². The summed E-state index contributed by atoms with van der Waals surface area (Å²) in [5.74, 6) is -3.52. The number of hydrogen-bond donors (Lipinski definition) is 3. The number of benzene rings is 1. The smallest absolute Gasteiger partial charge is 0.371 e. The van der Waals surface area contributed by atoms with Crippen molar-refractivity contribution >= 4 is 11.8 Å². The molecule has 0 spiro atoms. The van der Waals surface area contributed by atoms with Crippen molar-refractivity contribution < 1.29 is 24.2 Å². The van der Waals surface area contributed by atoms with Crippen LogP contribution in [0.2, 0.25) is 0 Å². The molecular formula is C15H12FNO4. The first-order valence-electron chi connectivity index (χ1n) is 6.05. The van der Waals surface area contributed by atoms with Crippen LogP contribution in [0.4, 0.5) is 4.39 Å². The third-order valence-electron chi connectivity index (χ3n) is 2.82. The summed E-state index contributed by atoms with van der Waals surface area (Å²) >= 11 is 0. The number of aliphatic hydroxyl groups excluding tert-OH is 1. The SMILES string of the molecule is O=C(O)C(O)=CC(=O)c1c[nH]c(Cc2ccc(F)cc2)c1. The lowest BCUT2D eigenvalue weighted by atomic mass is 10.1. The molecule has 1 aromatic carbocycles. The molecule has 0 fully saturated rings. The topological polar surface area (TPSA) is 90.4 Å². The Labute approximate surface area is 119 Å². The minimum atomic E-state index is -1.56. The highest BCUT2D eigenvalue weighted by atomic mass is 19.1. The number of allylic oxidation sites excluding steroid dienone is 1. The zero-order chi connectivity index (χ0) is 15.4. The number of ketones is 1. The fourth-order valence-corrected chi connectivity index (χ4v) is 1.78. The van der Waals surface area contributed by atoms with Gasteiger partial charge in [-0.1, -0.05) is 12.1 Å². The van der Waals surface area contributed by atoms with Gasteiger partial charge in [-0.3, -0.25) is 4.79 Å². The maximum atomic E-state index is 12.8. The molecule has 2 rings (SSSR count). The summed E-state index contributed by atoms with van der Waals surface area (Å²) in [7, 11) is 0. The number of rotatable bonds is 5. The molecule has 21 heavy (non-hydrogen) atoms. The minimum absolute atomic E-state index is 0.236. The van der Waals surface area contributed by atoms with E-state index in [4.69, 9.17) is 10.2 Å². The van der Waals surface area contributed by atoms with Crippen LogP contribution in [0, 0.1) is 5.82 Å². The Morgan fingerprint density at radius 2 is 1.86 bits per heavy atom. The maximum absolute atomic E-state index is 12.8. The van der Waals surface area contributed by atoms with Gasteiger partial charge in [0.1, 0.15) is 5.82 Å². The number of aromatic amines is 1. The van der Waals surface area contributed by atoms with Crippen molar-refractivity contribution in [3.05, 3.63) is 71.0 Å². The number of hydrogen-bond acceptors (Lipinski definition) is 3. The number of aromatic nitrogens is 1. The van der Waals surface area contributed by atoms with E-state index in [0.29, 0.717) is 18.2 Å². The molecule has 0 unspecified atom stereocenters. The first-order chi connectivity index (χ1) is 9.95. The fraction of sp³-hybridized carbons (Fsp3) is 0.0667. The molecule has 1 heterocycles. The fourth-order valence-electron chi connectivity index (χ4n) is 1.78. The van der Waals surface area contributed by atoms with Crippen LogP contribution in [0.25, 0.3) is 0 Å². The highest BCUT2D eigenvalue weighted by Crippen LogP contribution is 2.12. The van der Waals surface area contributed by atoms with Gasteiger partial charge in [-0.25, -0.2) is 9.18 Å². The van der Waals surface area contributed by atoms with Crippen molar-refractivity contribution in [3.63, 3.8) is 0 Å².